The van der Waals surface area contributed by atoms with E-state index in [4.69, 9.17) is 10.8 Å². The Balaban J connectivity index is 2.05. The van der Waals surface area contributed by atoms with Gasteiger partial charge in [-0.05, 0) is 45.3 Å². The molecule has 1 fully saturated rings. The number of rotatable bonds is 5. The summed E-state index contributed by atoms with van der Waals surface area (Å²) in [6.45, 7) is 3.34. The third-order valence-electron chi connectivity index (χ3n) is 2.76. The summed E-state index contributed by atoms with van der Waals surface area (Å²) >= 11 is 0. The lowest BCUT2D eigenvalue weighted by molar-refractivity contribution is -0.138. The molecule has 1 rings (SSSR count). The second-order valence-corrected chi connectivity index (χ2v) is 3.99. The third kappa shape index (κ3) is 4.07. The van der Waals surface area contributed by atoms with Crippen molar-refractivity contribution in [3.63, 3.8) is 0 Å². The van der Waals surface area contributed by atoms with Crippen LogP contribution in [0.5, 0.6) is 0 Å². The molecule has 1 aliphatic heterocycles. The minimum absolute atomic E-state index is 0.589. The van der Waals surface area contributed by atoms with Gasteiger partial charge in [0.2, 0.25) is 0 Å². The highest BCUT2D eigenvalue weighted by Gasteiger charge is 2.13. The molecule has 1 atom stereocenters. The highest BCUT2D eigenvalue weighted by molar-refractivity contribution is 5.72. The van der Waals surface area contributed by atoms with Gasteiger partial charge in [-0.3, -0.25) is 4.79 Å². The first-order valence-corrected chi connectivity index (χ1v) is 5.41. The normalized spacial score (nSPS) is 20.6. The van der Waals surface area contributed by atoms with E-state index in [0.717, 1.165) is 13.0 Å². The standard InChI is InChI=1S/C10H20N2O2/c11-9(10(13)14)5-4-8-12-6-2-1-3-7-12/h9H,1-8,11H2,(H,13,14). The van der Waals surface area contributed by atoms with Crippen molar-refractivity contribution in [3.8, 4) is 0 Å². The molecule has 1 aliphatic rings. The molecule has 0 aliphatic carbocycles. The van der Waals surface area contributed by atoms with Crippen LogP contribution >= 0.6 is 0 Å². The molecule has 0 aromatic rings. The van der Waals surface area contributed by atoms with Crippen molar-refractivity contribution in [1.29, 1.82) is 0 Å². The van der Waals surface area contributed by atoms with Crippen LogP contribution in [0.3, 0.4) is 0 Å². The van der Waals surface area contributed by atoms with Gasteiger partial charge in [0.05, 0.1) is 0 Å². The second-order valence-electron chi connectivity index (χ2n) is 3.99. The lowest BCUT2D eigenvalue weighted by Crippen LogP contribution is -2.34. The summed E-state index contributed by atoms with van der Waals surface area (Å²) < 4.78 is 0. The first kappa shape index (κ1) is 11.5. The summed E-state index contributed by atoms with van der Waals surface area (Å²) in [4.78, 5) is 12.8. The summed E-state index contributed by atoms with van der Waals surface area (Å²) in [5, 5.41) is 8.58. The quantitative estimate of drug-likeness (QED) is 0.684. The van der Waals surface area contributed by atoms with E-state index in [1.807, 2.05) is 0 Å². The highest BCUT2D eigenvalue weighted by Crippen LogP contribution is 2.09. The summed E-state index contributed by atoms with van der Waals surface area (Å²) in [5.41, 5.74) is 5.41. The van der Waals surface area contributed by atoms with E-state index in [-0.39, 0.29) is 0 Å². The van der Waals surface area contributed by atoms with Gasteiger partial charge >= 0.3 is 5.97 Å². The van der Waals surface area contributed by atoms with Gasteiger partial charge in [-0.15, -0.1) is 0 Å². The number of aliphatic carboxylic acids is 1. The lowest BCUT2D eigenvalue weighted by Gasteiger charge is -2.26. The van der Waals surface area contributed by atoms with Crippen LogP contribution in [0, 0.1) is 0 Å². The molecule has 4 heteroatoms. The largest absolute Gasteiger partial charge is 0.480 e. The van der Waals surface area contributed by atoms with Crippen LogP contribution in [0.1, 0.15) is 32.1 Å². The van der Waals surface area contributed by atoms with Crippen LogP contribution < -0.4 is 5.73 Å². The number of hydrogen-bond donors (Lipinski definition) is 2. The maximum atomic E-state index is 10.4. The minimum Gasteiger partial charge on any atom is -0.480 e. The Morgan fingerprint density at radius 2 is 2.00 bits per heavy atom. The molecule has 1 heterocycles. The summed E-state index contributed by atoms with van der Waals surface area (Å²) in [7, 11) is 0. The van der Waals surface area contributed by atoms with Gasteiger partial charge in [0.1, 0.15) is 6.04 Å². The molecule has 3 N–H and O–H groups in total. The van der Waals surface area contributed by atoms with E-state index in [1.54, 1.807) is 0 Å². The minimum atomic E-state index is -0.886. The molecule has 0 aromatic carbocycles. The van der Waals surface area contributed by atoms with Crippen molar-refractivity contribution >= 4 is 5.97 Å². The number of piperidine rings is 1. The van der Waals surface area contributed by atoms with E-state index in [1.165, 1.54) is 32.4 Å². The predicted octanol–water partition coefficient (Wildman–Crippen LogP) is 0.664. The monoisotopic (exact) mass is 200 g/mol. The molecule has 0 bridgehead atoms. The SMILES string of the molecule is NC(CCCN1CCCCC1)C(=O)O. The fourth-order valence-corrected chi connectivity index (χ4v) is 1.84. The molecule has 14 heavy (non-hydrogen) atoms. The van der Waals surface area contributed by atoms with E-state index >= 15 is 0 Å². The van der Waals surface area contributed by atoms with Gasteiger partial charge in [-0.1, -0.05) is 6.42 Å². The van der Waals surface area contributed by atoms with Gasteiger partial charge < -0.3 is 15.7 Å². The lowest BCUT2D eigenvalue weighted by atomic mass is 10.1. The van der Waals surface area contributed by atoms with E-state index in [2.05, 4.69) is 4.90 Å². The maximum absolute atomic E-state index is 10.4. The van der Waals surface area contributed by atoms with Crippen LogP contribution in [0.25, 0.3) is 0 Å². The van der Waals surface area contributed by atoms with Crippen LogP contribution in [0.2, 0.25) is 0 Å². The van der Waals surface area contributed by atoms with Crippen molar-refractivity contribution < 1.29 is 9.90 Å². The van der Waals surface area contributed by atoms with Gasteiger partial charge in [0, 0.05) is 0 Å². The molecule has 1 saturated heterocycles. The molecule has 0 aromatic heterocycles. The topological polar surface area (TPSA) is 66.6 Å². The molecular weight excluding hydrogens is 180 g/mol. The Morgan fingerprint density at radius 1 is 1.36 bits per heavy atom. The fourth-order valence-electron chi connectivity index (χ4n) is 1.84. The molecule has 0 amide bonds. The van der Waals surface area contributed by atoms with Crippen molar-refractivity contribution in [2.75, 3.05) is 19.6 Å². The molecule has 1 unspecified atom stereocenters. The first-order valence-electron chi connectivity index (χ1n) is 5.41. The second kappa shape index (κ2) is 5.98. The number of carboxylic acid groups (broad SMARTS) is 1. The Labute approximate surface area is 85.1 Å². The van der Waals surface area contributed by atoms with Crippen LogP contribution in [0.15, 0.2) is 0 Å². The average Bonchev–Trinajstić information content (AvgIpc) is 2.19. The van der Waals surface area contributed by atoms with Crippen molar-refractivity contribution in [1.82, 2.24) is 4.90 Å². The molecule has 82 valence electrons. The average molecular weight is 200 g/mol. The summed E-state index contributed by atoms with van der Waals surface area (Å²) in [5.74, 6) is -0.886. The zero-order valence-electron chi connectivity index (χ0n) is 8.61. The van der Waals surface area contributed by atoms with Crippen LogP contribution in [-0.4, -0.2) is 41.7 Å². The molecular formula is C10H20N2O2. The third-order valence-corrected chi connectivity index (χ3v) is 2.76. The fraction of sp³-hybridized carbons (Fsp3) is 0.900. The molecule has 0 radical (unpaired) electrons. The number of hydrogen-bond acceptors (Lipinski definition) is 3. The smallest absolute Gasteiger partial charge is 0.320 e. The number of carbonyl (C=O) groups is 1. The number of nitrogens with zero attached hydrogens (tertiary/aromatic N) is 1. The van der Waals surface area contributed by atoms with Gasteiger partial charge in [-0.25, -0.2) is 0 Å². The zero-order valence-corrected chi connectivity index (χ0v) is 8.61. The Kier molecular flexibility index (Phi) is 4.90. The molecule has 0 spiro atoms. The highest BCUT2D eigenvalue weighted by atomic mass is 16.4. The van der Waals surface area contributed by atoms with E-state index < -0.39 is 12.0 Å². The molecule has 0 saturated carbocycles. The van der Waals surface area contributed by atoms with Gasteiger partial charge in [0.25, 0.3) is 0 Å². The van der Waals surface area contributed by atoms with Crippen molar-refractivity contribution in [2.45, 2.75) is 38.1 Å². The van der Waals surface area contributed by atoms with Crippen molar-refractivity contribution in [3.05, 3.63) is 0 Å². The number of likely N-dealkylation sites (tertiary alicyclic amines) is 1. The van der Waals surface area contributed by atoms with Crippen molar-refractivity contribution in [2.24, 2.45) is 5.73 Å². The zero-order chi connectivity index (χ0) is 10.4. The summed E-state index contributed by atoms with van der Waals surface area (Å²) in [6.07, 6.45) is 5.39. The van der Waals surface area contributed by atoms with E-state index in [0.29, 0.717) is 6.42 Å². The van der Waals surface area contributed by atoms with Crippen LogP contribution in [-0.2, 0) is 4.79 Å². The van der Waals surface area contributed by atoms with Gasteiger partial charge in [-0.2, -0.15) is 0 Å². The predicted molar refractivity (Wildman–Crippen MR) is 55.1 cm³/mol. The van der Waals surface area contributed by atoms with Crippen LogP contribution in [0.4, 0.5) is 0 Å². The first-order chi connectivity index (χ1) is 6.70. The molecule has 4 nitrogen and oxygen atoms in total. The maximum Gasteiger partial charge on any atom is 0.320 e. The Morgan fingerprint density at radius 3 is 2.57 bits per heavy atom. The number of nitrogens with two attached hydrogens (primary N) is 1. The summed E-state index contributed by atoms with van der Waals surface area (Å²) in [6, 6.07) is -0.681. The Hall–Kier alpha value is -0.610. The van der Waals surface area contributed by atoms with E-state index in [9.17, 15) is 4.79 Å². The van der Waals surface area contributed by atoms with Gasteiger partial charge in [0.15, 0.2) is 0 Å². The number of carboxylic acids is 1. The Bertz CT molecular complexity index is 179.